The molecule has 0 atom stereocenters. The molecule has 3 aromatic rings. The normalized spacial score (nSPS) is 12.2. The predicted octanol–water partition coefficient (Wildman–Crippen LogP) is 5.20. The largest absolute Gasteiger partial charge is 0.351 e. The molecule has 0 saturated heterocycles. The van der Waals surface area contributed by atoms with Crippen LogP contribution in [0, 0.1) is 0 Å². The number of rotatable bonds is 1. The van der Waals surface area contributed by atoms with Crippen LogP contribution in [0.5, 0.6) is 0 Å². The van der Waals surface area contributed by atoms with Crippen molar-refractivity contribution in [3.05, 3.63) is 47.5 Å². The first-order chi connectivity index (χ1) is 8.95. The molecule has 0 aliphatic carbocycles. The Labute approximate surface area is 118 Å². The number of fused-ring (bicyclic) bond motifs is 1. The zero-order chi connectivity index (χ0) is 13.6. The highest BCUT2D eigenvalue weighted by molar-refractivity contribution is 7.15. The molecule has 0 bridgehead atoms. The fourth-order valence-electron chi connectivity index (χ4n) is 2.33. The van der Waals surface area contributed by atoms with Crippen LogP contribution in [0.25, 0.3) is 21.3 Å². The van der Waals surface area contributed by atoms with E-state index in [1.807, 2.05) is 11.3 Å². The molecule has 0 unspecified atom stereocenters. The Bertz CT molecular complexity index is 725. The van der Waals surface area contributed by atoms with Gasteiger partial charge in [0.15, 0.2) is 0 Å². The van der Waals surface area contributed by atoms with Crippen LogP contribution >= 0.6 is 11.3 Å². The van der Waals surface area contributed by atoms with Gasteiger partial charge in [0.05, 0.1) is 0 Å². The van der Waals surface area contributed by atoms with Gasteiger partial charge >= 0.3 is 0 Å². The summed E-state index contributed by atoms with van der Waals surface area (Å²) in [6.45, 7) is 6.80. The number of benzene rings is 1. The summed E-state index contributed by atoms with van der Waals surface area (Å²) < 4.78 is 2.16. The molecule has 0 amide bonds. The Morgan fingerprint density at radius 1 is 1.00 bits per heavy atom. The molecule has 3 rings (SSSR count). The van der Waals surface area contributed by atoms with Gasteiger partial charge in [-0.1, -0.05) is 26.8 Å². The first kappa shape index (κ1) is 12.5. The maximum Gasteiger partial charge on any atom is 0.0478 e. The van der Waals surface area contributed by atoms with Gasteiger partial charge in [0.2, 0.25) is 0 Å². The maximum absolute atomic E-state index is 2.29. The quantitative estimate of drug-likeness (QED) is 0.572. The fraction of sp³-hybridized carbons (Fsp3) is 0.294. The smallest absolute Gasteiger partial charge is 0.0478 e. The molecule has 0 fully saturated rings. The van der Waals surface area contributed by atoms with Crippen molar-refractivity contribution in [1.82, 2.24) is 4.57 Å². The maximum atomic E-state index is 2.29. The minimum atomic E-state index is 0.236. The third-order valence-electron chi connectivity index (χ3n) is 3.51. The van der Waals surface area contributed by atoms with Crippen LogP contribution in [0.4, 0.5) is 0 Å². The van der Waals surface area contributed by atoms with Crippen molar-refractivity contribution in [3.8, 4) is 10.4 Å². The zero-order valence-corrected chi connectivity index (χ0v) is 12.7. The first-order valence-electron chi connectivity index (χ1n) is 6.61. The average Bonchev–Trinajstić information content (AvgIpc) is 2.95. The average molecular weight is 269 g/mol. The van der Waals surface area contributed by atoms with Crippen molar-refractivity contribution in [3.63, 3.8) is 0 Å². The lowest BCUT2D eigenvalue weighted by Crippen LogP contribution is -2.07. The second-order valence-corrected chi connectivity index (χ2v) is 7.20. The number of thiophene rings is 1. The molecule has 0 N–H and O–H groups in total. The van der Waals surface area contributed by atoms with Crippen LogP contribution in [0.2, 0.25) is 0 Å². The van der Waals surface area contributed by atoms with E-state index in [2.05, 4.69) is 75.0 Å². The van der Waals surface area contributed by atoms with Gasteiger partial charge in [-0.3, -0.25) is 0 Å². The summed E-state index contributed by atoms with van der Waals surface area (Å²) in [5.41, 5.74) is 2.84. The monoisotopic (exact) mass is 269 g/mol. The molecule has 1 nitrogen and oxygen atoms in total. The minimum Gasteiger partial charge on any atom is -0.351 e. The van der Waals surface area contributed by atoms with E-state index in [0.29, 0.717) is 0 Å². The van der Waals surface area contributed by atoms with Crippen molar-refractivity contribution in [2.24, 2.45) is 7.05 Å². The van der Waals surface area contributed by atoms with E-state index in [4.69, 9.17) is 0 Å². The van der Waals surface area contributed by atoms with Crippen LogP contribution < -0.4 is 0 Å². The highest BCUT2D eigenvalue weighted by Gasteiger charge is 2.16. The second kappa shape index (κ2) is 4.24. The highest BCUT2D eigenvalue weighted by atomic mass is 32.1. The van der Waals surface area contributed by atoms with Crippen molar-refractivity contribution < 1.29 is 0 Å². The lowest BCUT2D eigenvalue weighted by Gasteiger charge is -2.15. The molecule has 19 heavy (non-hydrogen) atoms. The summed E-state index contributed by atoms with van der Waals surface area (Å²) >= 11 is 1.90. The van der Waals surface area contributed by atoms with Crippen LogP contribution in [0.3, 0.4) is 0 Å². The zero-order valence-electron chi connectivity index (χ0n) is 11.9. The van der Waals surface area contributed by atoms with Crippen molar-refractivity contribution >= 4 is 22.2 Å². The Morgan fingerprint density at radius 2 is 1.79 bits per heavy atom. The lowest BCUT2D eigenvalue weighted by atomic mass is 9.95. The van der Waals surface area contributed by atoms with E-state index in [1.54, 1.807) is 0 Å². The SMILES string of the molecule is Cn1ccc2cc(-c3ccc(C(C)(C)C)s3)ccc21. The van der Waals surface area contributed by atoms with E-state index in [9.17, 15) is 0 Å². The summed E-state index contributed by atoms with van der Waals surface area (Å²) in [5.74, 6) is 0. The van der Waals surface area contributed by atoms with Crippen molar-refractivity contribution in [2.45, 2.75) is 26.2 Å². The van der Waals surface area contributed by atoms with E-state index >= 15 is 0 Å². The van der Waals surface area contributed by atoms with Gasteiger partial charge in [-0.05, 0) is 41.3 Å². The van der Waals surface area contributed by atoms with Crippen LogP contribution in [0.15, 0.2) is 42.6 Å². The summed E-state index contributed by atoms with van der Waals surface area (Å²) in [7, 11) is 2.09. The molecule has 2 aromatic heterocycles. The molecule has 1 aromatic carbocycles. The van der Waals surface area contributed by atoms with Crippen LogP contribution in [0.1, 0.15) is 25.6 Å². The Balaban J connectivity index is 2.06. The van der Waals surface area contributed by atoms with Gasteiger partial charge in [0, 0.05) is 33.9 Å². The summed E-state index contributed by atoms with van der Waals surface area (Å²) in [6, 6.07) is 13.4. The molecule has 0 saturated carbocycles. The topological polar surface area (TPSA) is 4.93 Å². The lowest BCUT2D eigenvalue weighted by molar-refractivity contribution is 0.604. The minimum absolute atomic E-state index is 0.236. The number of hydrogen-bond acceptors (Lipinski definition) is 1. The van der Waals surface area contributed by atoms with Crippen molar-refractivity contribution in [2.75, 3.05) is 0 Å². The van der Waals surface area contributed by atoms with Gasteiger partial charge in [-0.2, -0.15) is 0 Å². The summed E-state index contributed by atoms with van der Waals surface area (Å²) in [4.78, 5) is 2.80. The molecular formula is C17H19NS. The Hall–Kier alpha value is -1.54. The summed E-state index contributed by atoms with van der Waals surface area (Å²) in [6.07, 6.45) is 2.11. The molecule has 0 aliphatic heterocycles. The standard InChI is InChI=1S/C17H19NS/c1-17(2,3)16-8-7-15(19-16)13-5-6-14-12(11-13)9-10-18(14)4/h5-11H,1-4H3. The molecule has 2 heteroatoms. The van der Waals surface area contributed by atoms with E-state index in [-0.39, 0.29) is 5.41 Å². The summed E-state index contributed by atoms with van der Waals surface area (Å²) in [5, 5.41) is 1.31. The molecule has 0 radical (unpaired) electrons. The molecule has 98 valence electrons. The highest BCUT2D eigenvalue weighted by Crippen LogP contribution is 2.35. The molecular weight excluding hydrogens is 250 g/mol. The van der Waals surface area contributed by atoms with Crippen molar-refractivity contribution in [1.29, 1.82) is 0 Å². The second-order valence-electron chi connectivity index (χ2n) is 6.11. The third kappa shape index (κ3) is 2.21. The molecule has 2 heterocycles. The predicted molar refractivity (Wildman–Crippen MR) is 84.9 cm³/mol. The van der Waals surface area contributed by atoms with Crippen LogP contribution in [-0.4, -0.2) is 4.57 Å². The third-order valence-corrected chi connectivity index (χ3v) is 5.07. The van der Waals surface area contributed by atoms with E-state index in [1.165, 1.54) is 26.2 Å². The van der Waals surface area contributed by atoms with Gasteiger partial charge in [-0.25, -0.2) is 0 Å². The number of nitrogens with zero attached hydrogens (tertiary/aromatic N) is 1. The fourth-order valence-corrected chi connectivity index (χ4v) is 3.39. The van der Waals surface area contributed by atoms with E-state index in [0.717, 1.165) is 0 Å². The van der Waals surface area contributed by atoms with Gasteiger partial charge in [0.1, 0.15) is 0 Å². The van der Waals surface area contributed by atoms with Gasteiger partial charge in [-0.15, -0.1) is 11.3 Å². The number of hydrogen-bond donors (Lipinski definition) is 0. The Kier molecular flexibility index (Phi) is 2.79. The van der Waals surface area contributed by atoms with E-state index < -0.39 is 0 Å². The Morgan fingerprint density at radius 3 is 2.47 bits per heavy atom. The molecule has 0 aliphatic rings. The van der Waals surface area contributed by atoms with Crippen LogP contribution in [-0.2, 0) is 12.5 Å². The first-order valence-corrected chi connectivity index (χ1v) is 7.42. The van der Waals surface area contributed by atoms with Gasteiger partial charge in [0.25, 0.3) is 0 Å². The van der Waals surface area contributed by atoms with Gasteiger partial charge < -0.3 is 4.57 Å². The molecule has 0 spiro atoms. The number of aryl methyl sites for hydroxylation is 1. The number of aromatic nitrogens is 1.